The zero-order chi connectivity index (χ0) is 22.1. The van der Waals surface area contributed by atoms with Gasteiger partial charge in [-0.1, -0.05) is 44.4 Å². The second-order valence-corrected chi connectivity index (χ2v) is 7.59. The van der Waals surface area contributed by atoms with Crippen molar-refractivity contribution < 1.29 is 0 Å². The van der Waals surface area contributed by atoms with Gasteiger partial charge < -0.3 is 10.2 Å². The maximum absolute atomic E-state index is 4.95. The first-order valence-corrected chi connectivity index (χ1v) is 10.4. The van der Waals surface area contributed by atoms with Gasteiger partial charge in [-0.25, -0.2) is 4.98 Å². The van der Waals surface area contributed by atoms with Crippen LogP contribution in [0.5, 0.6) is 0 Å². The van der Waals surface area contributed by atoms with E-state index < -0.39 is 0 Å². The van der Waals surface area contributed by atoms with E-state index in [4.69, 9.17) is 4.98 Å². The molecular weight excluding hydrogens is 368 g/mol. The second-order valence-electron chi connectivity index (χ2n) is 7.59. The summed E-state index contributed by atoms with van der Waals surface area (Å²) in [6, 6.07) is 12.6. The molecule has 0 fully saturated rings. The highest BCUT2D eigenvalue weighted by Crippen LogP contribution is 2.29. The first-order valence-electron chi connectivity index (χ1n) is 10.4. The lowest BCUT2D eigenvalue weighted by Crippen LogP contribution is -2.07. The lowest BCUT2D eigenvalue weighted by molar-refractivity contribution is 0.566. The maximum atomic E-state index is 4.95. The number of benzene rings is 1. The molecule has 1 heterocycles. The molecule has 0 spiro atoms. The van der Waals surface area contributed by atoms with Crippen LogP contribution in [-0.2, 0) is 0 Å². The SMILES string of the molecule is C=C/C(=C\N(C)C)c1cccc(-c2ccc(C(=C)C/C(C)=N\C)c(NCCC)n2)c1. The summed E-state index contributed by atoms with van der Waals surface area (Å²) in [6.07, 6.45) is 5.72. The standard InChI is InChI=1S/C26H34N4/c1-8-15-28-26-24(19(3)16-20(4)27-5)13-14-25(29-26)23-12-10-11-22(17-23)21(9-2)18-30(6)7/h9-14,17-18H,2-3,8,15-16H2,1,4-7H3,(H,28,29)/b21-18+,27-20-. The fraction of sp³-hybridized carbons (Fsp3) is 0.308. The Hall–Kier alpha value is -3.14. The summed E-state index contributed by atoms with van der Waals surface area (Å²) in [5, 5.41) is 3.47. The summed E-state index contributed by atoms with van der Waals surface area (Å²) in [6.45, 7) is 13.3. The molecule has 1 N–H and O–H groups in total. The van der Waals surface area contributed by atoms with Gasteiger partial charge in [0.25, 0.3) is 0 Å². The summed E-state index contributed by atoms with van der Waals surface area (Å²) >= 11 is 0. The van der Waals surface area contributed by atoms with Crippen molar-refractivity contribution in [3.63, 3.8) is 0 Å². The zero-order valence-corrected chi connectivity index (χ0v) is 19.0. The van der Waals surface area contributed by atoms with Crippen LogP contribution in [0.25, 0.3) is 22.4 Å². The fourth-order valence-electron chi connectivity index (χ4n) is 3.15. The van der Waals surface area contributed by atoms with Crippen molar-refractivity contribution in [1.82, 2.24) is 9.88 Å². The Morgan fingerprint density at radius 1 is 1.23 bits per heavy atom. The molecule has 0 unspecified atom stereocenters. The average molecular weight is 403 g/mol. The van der Waals surface area contributed by atoms with Crippen molar-refractivity contribution in [2.24, 2.45) is 4.99 Å². The minimum atomic E-state index is 0.742. The van der Waals surface area contributed by atoms with Crippen molar-refractivity contribution in [2.45, 2.75) is 26.7 Å². The Balaban J connectivity index is 2.46. The van der Waals surface area contributed by atoms with Crippen LogP contribution in [0.4, 0.5) is 5.82 Å². The van der Waals surface area contributed by atoms with E-state index in [-0.39, 0.29) is 0 Å². The molecule has 0 saturated carbocycles. The van der Waals surface area contributed by atoms with E-state index in [1.165, 1.54) is 0 Å². The highest BCUT2D eigenvalue weighted by Gasteiger charge is 2.12. The Bertz CT molecular complexity index is 951. The Kier molecular flexibility index (Phi) is 8.60. The van der Waals surface area contributed by atoms with Crippen LogP contribution in [0.15, 0.2) is 66.8 Å². The largest absolute Gasteiger partial charge is 0.383 e. The van der Waals surface area contributed by atoms with Crippen molar-refractivity contribution in [3.05, 3.63) is 73.0 Å². The van der Waals surface area contributed by atoms with E-state index in [1.54, 1.807) is 0 Å². The molecule has 30 heavy (non-hydrogen) atoms. The van der Waals surface area contributed by atoms with Gasteiger partial charge in [0.05, 0.1) is 5.69 Å². The highest BCUT2D eigenvalue weighted by molar-refractivity contribution is 5.93. The third-order valence-corrected chi connectivity index (χ3v) is 4.78. The normalized spacial score (nSPS) is 11.9. The number of nitrogens with zero attached hydrogens (tertiary/aromatic N) is 3. The van der Waals surface area contributed by atoms with E-state index >= 15 is 0 Å². The minimum Gasteiger partial charge on any atom is -0.383 e. The lowest BCUT2D eigenvalue weighted by Gasteiger charge is -2.15. The number of allylic oxidation sites excluding steroid dienone is 3. The van der Waals surface area contributed by atoms with Crippen LogP contribution in [-0.4, -0.2) is 43.3 Å². The third-order valence-electron chi connectivity index (χ3n) is 4.78. The summed E-state index contributed by atoms with van der Waals surface area (Å²) in [5.41, 5.74) is 7.32. The Morgan fingerprint density at radius 2 is 2.00 bits per heavy atom. The molecule has 0 saturated heterocycles. The number of aliphatic imine (C=N–C) groups is 1. The van der Waals surface area contributed by atoms with E-state index in [0.717, 1.165) is 64.4 Å². The Labute approximate surface area is 181 Å². The van der Waals surface area contributed by atoms with Crippen molar-refractivity contribution in [1.29, 1.82) is 0 Å². The molecular formula is C26H34N4. The van der Waals surface area contributed by atoms with Crippen LogP contribution >= 0.6 is 0 Å². The maximum Gasteiger partial charge on any atom is 0.134 e. The molecule has 4 nitrogen and oxygen atoms in total. The predicted octanol–water partition coefficient (Wildman–Crippen LogP) is 6.15. The quantitative estimate of drug-likeness (QED) is 0.382. The van der Waals surface area contributed by atoms with Crippen molar-refractivity contribution >= 4 is 22.7 Å². The molecule has 2 rings (SSSR count). The van der Waals surface area contributed by atoms with Gasteiger partial charge in [0.15, 0.2) is 0 Å². The lowest BCUT2D eigenvalue weighted by atomic mass is 9.99. The monoisotopic (exact) mass is 402 g/mol. The van der Waals surface area contributed by atoms with Gasteiger partial charge in [-0.05, 0) is 48.3 Å². The number of anilines is 1. The molecule has 0 aliphatic rings. The number of aromatic nitrogens is 1. The van der Waals surface area contributed by atoms with E-state index in [1.807, 2.05) is 39.0 Å². The molecule has 0 amide bonds. The molecule has 0 bridgehead atoms. The van der Waals surface area contributed by atoms with Gasteiger partial charge >= 0.3 is 0 Å². The zero-order valence-electron chi connectivity index (χ0n) is 19.0. The first-order chi connectivity index (χ1) is 14.4. The summed E-state index contributed by atoms with van der Waals surface area (Å²) < 4.78 is 0. The van der Waals surface area contributed by atoms with Gasteiger partial charge in [0.2, 0.25) is 0 Å². The second kappa shape index (κ2) is 11.1. The van der Waals surface area contributed by atoms with Gasteiger partial charge in [-0.2, -0.15) is 0 Å². The van der Waals surface area contributed by atoms with E-state index in [0.29, 0.717) is 0 Å². The molecule has 0 aliphatic heterocycles. The molecule has 4 heteroatoms. The molecule has 158 valence electrons. The predicted molar refractivity (Wildman–Crippen MR) is 133 cm³/mol. The number of pyridine rings is 1. The first kappa shape index (κ1) is 23.1. The van der Waals surface area contributed by atoms with Crippen molar-refractivity contribution in [2.75, 3.05) is 33.0 Å². The smallest absolute Gasteiger partial charge is 0.134 e. The van der Waals surface area contributed by atoms with Crippen molar-refractivity contribution in [3.8, 4) is 11.3 Å². The number of hydrogen-bond acceptors (Lipinski definition) is 4. The van der Waals surface area contributed by atoms with Gasteiger partial charge in [0.1, 0.15) is 5.82 Å². The van der Waals surface area contributed by atoms with Gasteiger partial charge in [-0.3, -0.25) is 4.99 Å². The van der Waals surface area contributed by atoms with Crippen LogP contribution < -0.4 is 5.32 Å². The molecule has 0 aliphatic carbocycles. The molecule has 0 radical (unpaired) electrons. The number of rotatable bonds is 10. The van der Waals surface area contributed by atoms with E-state index in [9.17, 15) is 0 Å². The fourth-order valence-corrected chi connectivity index (χ4v) is 3.15. The number of nitrogens with one attached hydrogen (secondary N) is 1. The van der Waals surface area contributed by atoms with Crippen LogP contribution in [0.3, 0.4) is 0 Å². The van der Waals surface area contributed by atoms with Gasteiger partial charge in [0, 0.05) is 57.1 Å². The topological polar surface area (TPSA) is 40.5 Å². The molecule has 1 aromatic carbocycles. The van der Waals surface area contributed by atoms with Crippen LogP contribution in [0, 0.1) is 0 Å². The van der Waals surface area contributed by atoms with E-state index in [2.05, 4.69) is 73.0 Å². The summed E-state index contributed by atoms with van der Waals surface area (Å²) in [5.74, 6) is 0.876. The van der Waals surface area contributed by atoms with Gasteiger partial charge in [-0.15, -0.1) is 0 Å². The minimum absolute atomic E-state index is 0.742. The summed E-state index contributed by atoms with van der Waals surface area (Å²) in [4.78, 5) is 11.2. The Morgan fingerprint density at radius 3 is 2.63 bits per heavy atom. The number of hydrogen-bond donors (Lipinski definition) is 1. The molecule has 1 aromatic heterocycles. The summed E-state index contributed by atoms with van der Waals surface area (Å²) in [7, 11) is 5.84. The molecule has 0 atom stereocenters. The van der Waals surface area contributed by atoms with Crippen LogP contribution in [0.2, 0.25) is 0 Å². The highest BCUT2D eigenvalue weighted by atomic mass is 15.0. The average Bonchev–Trinajstić information content (AvgIpc) is 2.75. The molecule has 2 aromatic rings. The third kappa shape index (κ3) is 6.18. The van der Waals surface area contributed by atoms with Crippen LogP contribution in [0.1, 0.15) is 37.8 Å².